The Bertz CT molecular complexity index is 1240. The summed E-state index contributed by atoms with van der Waals surface area (Å²) in [6, 6.07) is 14.1. The summed E-state index contributed by atoms with van der Waals surface area (Å²) in [4.78, 5) is 29.1. The number of aliphatic hydroxyl groups excluding tert-OH is 1. The third-order valence-corrected chi connectivity index (χ3v) is 7.93. The maximum absolute atomic E-state index is 13.9. The number of anilines is 3. The summed E-state index contributed by atoms with van der Waals surface area (Å²) in [5.74, 6) is 1.90. The molecule has 0 unspecified atom stereocenters. The molecule has 0 saturated carbocycles. The first-order valence-corrected chi connectivity index (χ1v) is 13.6. The number of piperidine rings is 1. The Balaban J connectivity index is 1.30. The summed E-state index contributed by atoms with van der Waals surface area (Å²) in [6.07, 6.45) is 5.64. The predicted molar refractivity (Wildman–Crippen MR) is 152 cm³/mol. The van der Waals surface area contributed by atoms with E-state index in [0.717, 1.165) is 65.5 Å². The quantitative estimate of drug-likeness (QED) is 0.518. The number of aromatic nitrogens is 2. The molecule has 2 aliphatic heterocycles. The first-order valence-electron chi connectivity index (χ1n) is 13.6. The van der Waals surface area contributed by atoms with Crippen LogP contribution in [0.5, 0.6) is 0 Å². The zero-order chi connectivity index (χ0) is 26.6. The second-order valence-corrected chi connectivity index (χ2v) is 10.4. The monoisotopic (exact) mass is 514 g/mol. The number of pyridine rings is 2. The Hall–Kier alpha value is -3.65. The second kappa shape index (κ2) is 11.4. The fraction of sp³-hybridized carbons (Fsp3) is 0.433. The van der Waals surface area contributed by atoms with Gasteiger partial charge in [0.2, 0.25) is 0 Å². The summed E-state index contributed by atoms with van der Waals surface area (Å²) in [7, 11) is 0. The molecule has 4 heterocycles. The number of nitrogens with zero attached hydrogens (tertiary/aromatic N) is 5. The van der Waals surface area contributed by atoms with Crippen molar-refractivity contribution in [3.8, 4) is 0 Å². The number of nitrogens with one attached hydrogen (secondary N) is 1. The Morgan fingerprint density at radius 3 is 2.26 bits per heavy atom. The highest BCUT2D eigenvalue weighted by Gasteiger charge is 2.32. The van der Waals surface area contributed by atoms with Gasteiger partial charge >= 0.3 is 0 Å². The van der Waals surface area contributed by atoms with Crippen molar-refractivity contribution in [2.24, 2.45) is 0 Å². The van der Waals surface area contributed by atoms with Crippen molar-refractivity contribution >= 4 is 23.2 Å². The molecular formula is C30H38N6O2. The molecule has 5 rings (SSSR count). The van der Waals surface area contributed by atoms with E-state index in [0.29, 0.717) is 25.7 Å². The summed E-state index contributed by atoms with van der Waals surface area (Å²) < 4.78 is 0. The maximum atomic E-state index is 13.9. The summed E-state index contributed by atoms with van der Waals surface area (Å²) in [6.45, 7) is 9.77. The van der Waals surface area contributed by atoms with Crippen LogP contribution in [-0.2, 0) is 0 Å². The Labute approximate surface area is 225 Å². The Morgan fingerprint density at radius 2 is 1.63 bits per heavy atom. The number of rotatable bonds is 6. The van der Waals surface area contributed by atoms with Gasteiger partial charge in [0.15, 0.2) is 0 Å². The van der Waals surface area contributed by atoms with Gasteiger partial charge in [0, 0.05) is 62.4 Å². The summed E-state index contributed by atoms with van der Waals surface area (Å²) >= 11 is 0. The first-order chi connectivity index (χ1) is 18.5. The molecule has 3 aromatic rings. The molecule has 2 N–H and O–H groups in total. The molecule has 1 amide bonds. The topological polar surface area (TPSA) is 84.8 Å². The molecular weight excluding hydrogens is 476 g/mol. The zero-order valence-electron chi connectivity index (χ0n) is 22.6. The highest BCUT2D eigenvalue weighted by molar-refractivity contribution is 5.99. The van der Waals surface area contributed by atoms with Crippen molar-refractivity contribution in [2.45, 2.75) is 45.7 Å². The molecule has 200 valence electrons. The minimum Gasteiger partial charge on any atom is -0.394 e. The van der Waals surface area contributed by atoms with Gasteiger partial charge in [-0.25, -0.2) is 9.97 Å². The van der Waals surface area contributed by atoms with Crippen molar-refractivity contribution in [3.05, 3.63) is 77.1 Å². The van der Waals surface area contributed by atoms with Crippen LogP contribution in [0.3, 0.4) is 0 Å². The number of aliphatic hydroxyl groups is 1. The number of hydrogen-bond acceptors (Lipinski definition) is 7. The van der Waals surface area contributed by atoms with Gasteiger partial charge in [-0.1, -0.05) is 18.2 Å². The molecule has 8 heteroatoms. The van der Waals surface area contributed by atoms with E-state index >= 15 is 0 Å². The predicted octanol–water partition coefficient (Wildman–Crippen LogP) is 3.81. The largest absolute Gasteiger partial charge is 0.394 e. The molecule has 0 spiro atoms. The number of amides is 1. The number of carbonyl (C=O) groups excluding carboxylic acids is 1. The number of aryl methyl sites for hydroxylation is 2. The van der Waals surface area contributed by atoms with E-state index in [4.69, 9.17) is 0 Å². The van der Waals surface area contributed by atoms with Gasteiger partial charge in [0.1, 0.15) is 11.6 Å². The number of carbonyl (C=O) groups is 1. The van der Waals surface area contributed by atoms with E-state index in [1.165, 1.54) is 0 Å². The average Bonchev–Trinajstić information content (AvgIpc) is 2.96. The smallest absolute Gasteiger partial charge is 0.254 e. The molecule has 0 aliphatic carbocycles. The van der Waals surface area contributed by atoms with Crippen molar-refractivity contribution in [2.75, 3.05) is 54.4 Å². The van der Waals surface area contributed by atoms with E-state index < -0.39 is 0 Å². The van der Waals surface area contributed by atoms with Gasteiger partial charge in [-0.05, 0) is 74.6 Å². The lowest BCUT2D eigenvalue weighted by Crippen LogP contribution is -2.56. The van der Waals surface area contributed by atoms with E-state index in [1.807, 2.05) is 48.4 Å². The molecule has 1 aromatic carbocycles. The van der Waals surface area contributed by atoms with E-state index in [9.17, 15) is 9.90 Å². The maximum Gasteiger partial charge on any atom is 0.254 e. The summed E-state index contributed by atoms with van der Waals surface area (Å²) in [5, 5.41) is 13.9. The van der Waals surface area contributed by atoms with Gasteiger partial charge in [-0.3, -0.25) is 4.79 Å². The zero-order valence-corrected chi connectivity index (χ0v) is 22.6. The number of piperazine rings is 1. The summed E-state index contributed by atoms with van der Waals surface area (Å²) in [5.41, 5.74) is 5.01. The number of hydrogen-bond donors (Lipinski definition) is 2. The standard InChI is InChI=1S/C30H38N6O2/c1-21-18-22(2)29(33-24-10-14-34(15-11-24)26-8-4-6-12-31-26)23(3)28(21)30(38)35-16-17-36(25(19-35)20-37)27-9-5-7-13-32-27/h4-9,12-13,18,24-25,33,37H,10-11,14-17,19-20H2,1-3H3/t25-/m0/s1. The minimum atomic E-state index is -0.185. The Morgan fingerprint density at radius 1 is 0.947 bits per heavy atom. The van der Waals surface area contributed by atoms with Gasteiger partial charge in [0.05, 0.1) is 12.6 Å². The van der Waals surface area contributed by atoms with Crippen LogP contribution in [0.1, 0.15) is 39.9 Å². The second-order valence-electron chi connectivity index (χ2n) is 10.4. The highest BCUT2D eigenvalue weighted by Crippen LogP contribution is 2.31. The molecule has 8 nitrogen and oxygen atoms in total. The average molecular weight is 515 g/mol. The molecule has 1 atom stereocenters. The molecule has 2 aromatic heterocycles. The van der Waals surface area contributed by atoms with Crippen LogP contribution in [0.4, 0.5) is 17.3 Å². The van der Waals surface area contributed by atoms with Gasteiger partial charge in [0.25, 0.3) is 5.91 Å². The Kier molecular flexibility index (Phi) is 7.79. The van der Waals surface area contributed by atoms with Gasteiger partial charge < -0.3 is 25.1 Å². The van der Waals surface area contributed by atoms with E-state index in [2.05, 4.69) is 51.1 Å². The van der Waals surface area contributed by atoms with E-state index in [-0.39, 0.29) is 18.6 Å². The van der Waals surface area contributed by atoms with Gasteiger partial charge in [-0.15, -0.1) is 0 Å². The fourth-order valence-electron chi connectivity index (χ4n) is 5.91. The van der Waals surface area contributed by atoms with Crippen LogP contribution in [-0.4, -0.2) is 77.3 Å². The van der Waals surface area contributed by atoms with Crippen LogP contribution < -0.4 is 15.1 Å². The van der Waals surface area contributed by atoms with Crippen LogP contribution >= 0.6 is 0 Å². The van der Waals surface area contributed by atoms with E-state index in [1.54, 1.807) is 6.20 Å². The lowest BCUT2D eigenvalue weighted by molar-refractivity contribution is 0.0697. The highest BCUT2D eigenvalue weighted by atomic mass is 16.3. The normalized spacial score (nSPS) is 18.5. The molecule has 0 radical (unpaired) electrons. The third kappa shape index (κ3) is 5.31. The first kappa shape index (κ1) is 26.0. The van der Waals surface area contributed by atoms with Crippen LogP contribution in [0.15, 0.2) is 54.9 Å². The van der Waals surface area contributed by atoms with Crippen molar-refractivity contribution in [1.82, 2.24) is 14.9 Å². The molecule has 38 heavy (non-hydrogen) atoms. The van der Waals surface area contributed by atoms with Crippen molar-refractivity contribution in [3.63, 3.8) is 0 Å². The fourth-order valence-corrected chi connectivity index (χ4v) is 5.91. The van der Waals surface area contributed by atoms with Gasteiger partial charge in [-0.2, -0.15) is 0 Å². The van der Waals surface area contributed by atoms with Crippen LogP contribution in [0.25, 0.3) is 0 Å². The number of benzene rings is 1. The molecule has 0 bridgehead atoms. The lowest BCUT2D eigenvalue weighted by Gasteiger charge is -2.41. The minimum absolute atomic E-state index is 0.0315. The van der Waals surface area contributed by atoms with Crippen LogP contribution in [0.2, 0.25) is 0 Å². The lowest BCUT2D eigenvalue weighted by atomic mass is 9.94. The van der Waals surface area contributed by atoms with Crippen molar-refractivity contribution < 1.29 is 9.90 Å². The third-order valence-electron chi connectivity index (χ3n) is 7.93. The van der Waals surface area contributed by atoms with Crippen LogP contribution in [0, 0.1) is 20.8 Å². The molecule has 2 saturated heterocycles. The molecule has 2 fully saturated rings. The SMILES string of the molecule is Cc1cc(C)c(C(=O)N2CCN(c3ccccn3)[C@H](CO)C2)c(C)c1NC1CCN(c2ccccn2)CC1. The van der Waals surface area contributed by atoms with Crippen molar-refractivity contribution in [1.29, 1.82) is 0 Å². The molecule has 2 aliphatic rings.